The van der Waals surface area contributed by atoms with Gasteiger partial charge in [-0.2, -0.15) is 0 Å². The first-order valence-corrected chi connectivity index (χ1v) is 7.11. The van der Waals surface area contributed by atoms with Crippen molar-refractivity contribution < 1.29 is 5.11 Å². The van der Waals surface area contributed by atoms with Crippen LogP contribution in [0, 0.1) is 35.0 Å². The van der Waals surface area contributed by atoms with Crippen molar-refractivity contribution in [3.05, 3.63) is 0 Å². The van der Waals surface area contributed by atoms with E-state index in [1.807, 2.05) is 0 Å². The van der Waals surface area contributed by atoms with Crippen LogP contribution in [0.25, 0.3) is 0 Å². The summed E-state index contributed by atoms with van der Waals surface area (Å²) >= 11 is 0. The van der Waals surface area contributed by atoms with Crippen molar-refractivity contribution in [1.82, 2.24) is 0 Å². The van der Waals surface area contributed by atoms with Crippen LogP contribution < -0.4 is 0 Å². The molecule has 0 aromatic rings. The van der Waals surface area contributed by atoms with Crippen LogP contribution in [0.1, 0.15) is 53.4 Å². The molecular weight excluding hydrogens is 196 g/mol. The highest BCUT2D eigenvalue weighted by molar-refractivity contribution is 5.17. The molecule has 0 radical (unpaired) electrons. The monoisotopic (exact) mass is 222 g/mol. The molecule has 3 rings (SSSR count). The number of rotatable bonds is 0. The van der Waals surface area contributed by atoms with E-state index in [1.54, 1.807) is 0 Å². The molecule has 0 saturated heterocycles. The molecule has 1 heteroatoms. The lowest BCUT2D eigenvalue weighted by atomic mass is 9.73. The lowest BCUT2D eigenvalue weighted by Gasteiger charge is -2.37. The lowest BCUT2D eigenvalue weighted by Crippen LogP contribution is -2.42. The van der Waals surface area contributed by atoms with Gasteiger partial charge in [-0.3, -0.25) is 0 Å². The van der Waals surface area contributed by atoms with Crippen molar-refractivity contribution in [3.8, 4) is 0 Å². The van der Waals surface area contributed by atoms with Crippen LogP contribution in [0.15, 0.2) is 0 Å². The van der Waals surface area contributed by atoms with Gasteiger partial charge in [-0.25, -0.2) is 0 Å². The standard InChI is InChI=1S/C15H26O/c1-9-7-8-15(16)10(2)5-6-11-13(12(9)15)14(11,3)4/h9-13,16H,5-8H2,1-4H3/t9-,10+,11-,12-,13-,15+/m1/s1. The van der Waals surface area contributed by atoms with Crippen molar-refractivity contribution in [3.63, 3.8) is 0 Å². The molecule has 3 saturated carbocycles. The van der Waals surface area contributed by atoms with Gasteiger partial charge < -0.3 is 5.11 Å². The molecular formula is C15H26O. The fourth-order valence-electron chi connectivity index (χ4n) is 5.27. The van der Waals surface area contributed by atoms with Crippen LogP contribution in [0.4, 0.5) is 0 Å². The van der Waals surface area contributed by atoms with Gasteiger partial charge in [-0.15, -0.1) is 0 Å². The second-order valence-electron chi connectivity index (χ2n) is 7.47. The highest BCUT2D eigenvalue weighted by Crippen LogP contribution is 2.71. The summed E-state index contributed by atoms with van der Waals surface area (Å²) in [7, 11) is 0. The largest absolute Gasteiger partial charge is 0.389 e. The van der Waals surface area contributed by atoms with Crippen molar-refractivity contribution in [2.45, 2.75) is 59.0 Å². The highest BCUT2D eigenvalue weighted by Gasteiger charge is 2.68. The van der Waals surface area contributed by atoms with E-state index in [1.165, 1.54) is 19.3 Å². The molecule has 3 aliphatic rings. The Labute approximate surface area is 99.6 Å². The molecule has 0 aliphatic heterocycles. The quantitative estimate of drug-likeness (QED) is 0.665. The summed E-state index contributed by atoms with van der Waals surface area (Å²) in [5.74, 6) is 3.55. The molecule has 0 spiro atoms. The Kier molecular flexibility index (Phi) is 2.11. The number of fused-ring (bicyclic) bond motifs is 3. The van der Waals surface area contributed by atoms with Crippen molar-refractivity contribution in [1.29, 1.82) is 0 Å². The van der Waals surface area contributed by atoms with E-state index in [4.69, 9.17) is 0 Å². The first kappa shape index (κ1) is 11.1. The molecule has 3 fully saturated rings. The molecule has 3 aliphatic carbocycles. The zero-order valence-corrected chi connectivity index (χ0v) is 11.2. The number of hydrogen-bond acceptors (Lipinski definition) is 1. The minimum absolute atomic E-state index is 0.327. The summed E-state index contributed by atoms with van der Waals surface area (Å²) in [4.78, 5) is 0. The first-order valence-electron chi connectivity index (χ1n) is 7.11. The van der Waals surface area contributed by atoms with Gasteiger partial charge >= 0.3 is 0 Å². The molecule has 1 N–H and O–H groups in total. The summed E-state index contributed by atoms with van der Waals surface area (Å²) in [5.41, 5.74) is 0.185. The van der Waals surface area contributed by atoms with E-state index in [-0.39, 0.29) is 5.60 Å². The van der Waals surface area contributed by atoms with Gasteiger partial charge in [-0.05, 0) is 60.7 Å². The van der Waals surface area contributed by atoms with Gasteiger partial charge in [0.2, 0.25) is 0 Å². The Morgan fingerprint density at radius 2 is 1.69 bits per heavy atom. The minimum atomic E-state index is -0.327. The Hall–Kier alpha value is -0.0400. The molecule has 6 atom stereocenters. The molecule has 0 amide bonds. The molecule has 92 valence electrons. The summed E-state index contributed by atoms with van der Waals surface area (Å²) < 4.78 is 0. The maximum atomic E-state index is 11.1. The molecule has 0 unspecified atom stereocenters. The maximum absolute atomic E-state index is 11.1. The van der Waals surface area contributed by atoms with E-state index < -0.39 is 0 Å². The third kappa shape index (κ3) is 1.16. The predicted molar refractivity (Wildman–Crippen MR) is 66.0 cm³/mol. The summed E-state index contributed by atoms with van der Waals surface area (Å²) in [6.45, 7) is 9.49. The van der Waals surface area contributed by atoms with Gasteiger partial charge in [0.25, 0.3) is 0 Å². The predicted octanol–water partition coefficient (Wildman–Crippen LogP) is 3.47. The van der Waals surface area contributed by atoms with Gasteiger partial charge in [-0.1, -0.05) is 27.7 Å². The Balaban J connectivity index is 1.98. The van der Waals surface area contributed by atoms with Crippen molar-refractivity contribution in [2.75, 3.05) is 0 Å². The zero-order chi connectivity index (χ0) is 11.7. The molecule has 1 nitrogen and oxygen atoms in total. The maximum Gasteiger partial charge on any atom is 0.0706 e. The van der Waals surface area contributed by atoms with E-state index in [0.717, 1.165) is 24.2 Å². The lowest BCUT2D eigenvalue weighted by molar-refractivity contribution is -0.0624. The summed E-state index contributed by atoms with van der Waals surface area (Å²) in [6.07, 6.45) is 4.89. The smallest absolute Gasteiger partial charge is 0.0706 e. The minimum Gasteiger partial charge on any atom is -0.389 e. The molecule has 0 bridgehead atoms. The van der Waals surface area contributed by atoms with Gasteiger partial charge in [0.05, 0.1) is 5.60 Å². The van der Waals surface area contributed by atoms with Gasteiger partial charge in [0, 0.05) is 0 Å². The SMILES string of the molecule is C[C@@H]1CC[C@@]2(O)[C@H]1[C@H]1[C@@H](CC[C@@H]2C)C1(C)C. The third-order valence-corrected chi connectivity index (χ3v) is 6.48. The Bertz CT molecular complexity index is 309. The van der Waals surface area contributed by atoms with E-state index in [0.29, 0.717) is 17.3 Å². The first-order chi connectivity index (χ1) is 7.39. The summed E-state index contributed by atoms with van der Waals surface area (Å²) in [5, 5.41) is 11.1. The fraction of sp³-hybridized carbons (Fsp3) is 1.00. The highest BCUT2D eigenvalue weighted by atomic mass is 16.3. The van der Waals surface area contributed by atoms with E-state index >= 15 is 0 Å². The van der Waals surface area contributed by atoms with E-state index in [9.17, 15) is 5.11 Å². The number of hydrogen-bond donors (Lipinski definition) is 1. The average Bonchev–Trinajstić information content (AvgIpc) is 2.64. The zero-order valence-electron chi connectivity index (χ0n) is 11.2. The average molecular weight is 222 g/mol. The van der Waals surface area contributed by atoms with Crippen LogP contribution in [0.5, 0.6) is 0 Å². The molecule has 16 heavy (non-hydrogen) atoms. The van der Waals surface area contributed by atoms with Gasteiger partial charge in [0.1, 0.15) is 0 Å². The number of aliphatic hydroxyl groups is 1. The van der Waals surface area contributed by atoms with Crippen LogP contribution in [0.2, 0.25) is 0 Å². The third-order valence-electron chi connectivity index (χ3n) is 6.48. The van der Waals surface area contributed by atoms with Crippen molar-refractivity contribution >= 4 is 0 Å². The summed E-state index contributed by atoms with van der Waals surface area (Å²) in [6, 6.07) is 0. The van der Waals surface area contributed by atoms with Crippen LogP contribution in [-0.4, -0.2) is 10.7 Å². The normalized spacial score (nSPS) is 58.7. The van der Waals surface area contributed by atoms with Crippen molar-refractivity contribution in [2.24, 2.45) is 35.0 Å². The molecule has 0 aromatic heterocycles. The topological polar surface area (TPSA) is 20.2 Å². The fourth-order valence-corrected chi connectivity index (χ4v) is 5.27. The van der Waals surface area contributed by atoms with Crippen LogP contribution in [0.3, 0.4) is 0 Å². The molecule has 0 heterocycles. The van der Waals surface area contributed by atoms with Crippen LogP contribution >= 0.6 is 0 Å². The van der Waals surface area contributed by atoms with E-state index in [2.05, 4.69) is 27.7 Å². The Morgan fingerprint density at radius 3 is 2.38 bits per heavy atom. The van der Waals surface area contributed by atoms with Crippen LogP contribution in [-0.2, 0) is 0 Å². The second kappa shape index (κ2) is 3.04. The van der Waals surface area contributed by atoms with Gasteiger partial charge in [0.15, 0.2) is 0 Å². The second-order valence-corrected chi connectivity index (χ2v) is 7.47. The Morgan fingerprint density at radius 1 is 1.00 bits per heavy atom. The molecule has 0 aromatic carbocycles.